The van der Waals surface area contributed by atoms with Gasteiger partial charge in [-0.1, -0.05) is 11.6 Å². The highest BCUT2D eigenvalue weighted by Crippen LogP contribution is 2.25. The monoisotopic (exact) mass is 379 g/mol. The molecule has 2 aromatic rings. The molecule has 138 valence electrons. The Morgan fingerprint density at radius 2 is 2.31 bits per heavy atom. The first-order valence-corrected chi connectivity index (χ1v) is 8.39. The summed E-state index contributed by atoms with van der Waals surface area (Å²) in [6.07, 6.45) is 1.96. The van der Waals surface area contributed by atoms with Gasteiger partial charge in [-0.15, -0.1) is 0 Å². The number of hydrogen-bond acceptors (Lipinski definition) is 7. The first kappa shape index (κ1) is 18.2. The molecule has 9 heteroatoms. The second-order valence-electron chi connectivity index (χ2n) is 5.65. The number of nitrogens with one attached hydrogen (secondary N) is 1. The Balaban J connectivity index is 1.57. The average molecular weight is 380 g/mol. The van der Waals surface area contributed by atoms with E-state index in [1.807, 2.05) is 4.90 Å². The van der Waals surface area contributed by atoms with Crippen LogP contribution in [0.15, 0.2) is 34.8 Å². The third-order valence-electron chi connectivity index (χ3n) is 3.82. The van der Waals surface area contributed by atoms with Crippen molar-refractivity contribution in [2.45, 2.75) is 6.10 Å². The molecule has 2 heterocycles. The molecule has 1 amide bonds. The maximum absolute atomic E-state index is 11.7. The number of oxazole rings is 1. The minimum absolute atomic E-state index is 0.224. The number of ether oxygens (including phenoxy) is 2. The summed E-state index contributed by atoms with van der Waals surface area (Å²) in [5.74, 6) is -0.982. The van der Waals surface area contributed by atoms with Gasteiger partial charge in [-0.2, -0.15) is 4.98 Å². The second kappa shape index (κ2) is 8.20. The van der Waals surface area contributed by atoms with E-state index >= 15 is 0 Å². The quantitative estimate of drug-likeness (QED) is 0.622. The van der Waals surface area contributed by atoms with Gasteiger partial charge >= 0.3 is 5.97 Å². The largest absolute Gasteiger partial charge is 0.466 e. The van der Waals surface area contributed by atoms with E-state index in [1.165, 1.54) is 7.11 Å². The zero-order valence-corrected chi connectivity index (χ0v) is 14.9. The molecule has 1 aromatic carbocycles. The number of carbonyl (C=O) groups excluding carboxylic acids is 2. The number of fused-ring (bicyclic) bond motifs is 1. The topological polar surface area (TPSA) is 93.9 Å². The molecule has 1 aliphatic heterocycles. The molecule has 1 N–H and O–H groups in total. The lowest BCUT2D eigenvalue weighted by Crippen LogP contribution is -2.47. The molecule has 0 bridgehead atoms. The van der Waals surface area contributed by atoms with Crippen LogP contribution < -0.4 is 10.2 Å². The number of hydrogen-bond donors (Lipinski definition) is 1. The Morgan fingerprint density at radius 3 is 3.12 bits per heavy atom. The van der Waals surface area contributed by atoms with Crippen LogP contribution in [0.3, 0.4) is 0 Å². The molecule has 0 aliphatic carbocycles. The molecular formula is C17H18ClN3O5. The van der Waals surface area contributed by atoms with E-state index in [0.717, 1.165) is 12.2 Å². The van der Waals surface area contributed by atoms with Gasteiger partial charge in [0.25, 0.3) is 6.01 Å². The lowest BCUT2D eigenvalue weighted by molar-refractivity contribution is -0.135. The number of carbonyl (C=O) groups is 2. The number of halogens is 1. The number of anilines is 1. The Morgan fingerprint density at radius 1 is 1.46 bits per heavy atom. The summed E-state index contributed by atoms with van der Waals surface area (Å²) < 4.78 is 15.8. The number of amides is 1. The number of benzene rings is 1. The SMILES string of the molecule is COC(=O)/C=C/C(=O)NCC1CN(c2nc3cc(Cl)ccc3o2)CCO1. The number of nitrogens with zero attached hydrogens (tertiary/aromatic N) is 2. The van der Waals surface area contributed by atoms with E-state index in [2.05, 4.69) is 15.0 Å². The molecule has 1 aliphatic rings. The van der Waals surface area contributed by atoms with Crippen LogP contribution in [0.4, 0.5) is 6.01 Å². The molecule has 1 saturated heterocycles. The van der Waals surface area contributed by atoms with Gasteiger partial charge in [0.2, 0.25) is 5.91 Å². The van der Waals surface area contributed by atoms with Gasteiger partial charge in [0.05, 0.1) is 26.4 Å². The molecule has 3 rings (SSSR count). The average Bonchev–Trinajstić information content (AvgIpc) is 3.07. The molecule has 0 saturated carbocycles. The maximum atomic E-state index is 11.7. The minimum atomic E-state index is -0.587. The number of esters is 1. The fraction of sp³-hybridized carbons (Fsp3) is 0.353. The van der Waals surface area contributed by atoms with Crippen LogP contribution in [-0.2, 0) is 19.1 Å². The third-order valence-corrected chi connectivity index (χ3v) is 4.06. The molecule has 1 aromatic heterocycles. The summed E-state index contributed by atoms with van der Waals surface area (Å²) >= 11 is 5.97. The van der Waals surface area contributed by atoms with Crippen molar-refractivity contribution in [3.8, 4) is 0 Å². The van der Waals surface area contributed by atoms with Crippen molar-refractivity contribution in [3.63, 3.8) is 0 Å². The molecule has 26 heavy (non-hydrogen) atoms. The zero-order chi connectivity index (χ0) is 18.5. The van der Waals surface area contributed by atoms with Gasteiger partial charge in [-0.25, -0.2) is 4.79 Å². The molecule has 1 atom stereocenters. The predicted molar refractivity (Wildman–Crippen MR) is 95.1 cm³/mol. The van der Waals surface area contributed by atoms with Gasteiger partial charge in [0, 0.05) is 30.3 Å². The number of aromatic nitrogens is 1. The van der Waals surface area contributed by atoms with Crippen molar-refractivity contribution in [2.75, 3.05) is 38.3 Å². The summed E-state index contributed by atoms with van der Waals surface area (Å²) in [5.41, 5.74) is 1.35. The lowest BCUT2D eigenvalue weighted by atomic mass is 10.2. The van der Waals surface area contributed by atoms with Crippen LogP contribution in [0.5, 0.6) is 0 Å². The fourth-order valence-electron chi connectivity index (χ4n) is 2.53. The number of rotatable bonds is 5. The van der Waals surface area contributed by atoms with Gasteiger partial charge in [0.1, 0.15) is 5.52 Å². The summed E-state index contributed by atoms with van der Waals surface area (Å²) in [6.45, 7) is 1.93. The highest BCUT2D eigenvalue weighted by molar-refractivity contribution is 6.31. The van der Waals surface area contributed by atoms with E-state index < -0.39 is 11.9 Å². The van der Waals surface area contributed by atoms with Crippen LogP contribution in [0.25, 0.3) is 11.1 Å². The van der Waals surface area contributed by atoms with Crippen LogP contribution in [0, 0.1) is 0 Å². The van der Waals surface area contributed by atoms with Crippen LogP contribution in [0.1, 0.15) is 0 Å². The molecule has 0 spiro atoms. The van der Waals surface area contributed by atoms with Crippen molar-refractivity contribution in [1.82, 2.24) is 10.3 Å². The van der Waals surface area contributed by atoms with Crippen molar-refractivity contribution < 1.29 is 23.5 Å². The number of morpholine rings is 1. The first-order valence-electron chi connectivity index (χ1n) is 8.01. The van der Waals surface area contributed by atoms with E-state index in [4.69, 9.17) is 20.8 Å². The first-order chi connectivity index (χ1) is 12.5. The van der Waals surface area contributed by atoms with Gasteiger partial charge in [-0.3, -0.25) is 4.79 Å². The van der Waals surface area contributed by atoms with Crippen molar-refractivity contribution >= 4 is 40.6 Å². The van der Waals surface area contributed by atoms with Crippen molar-refractivity contribution in [3.05, 3.63) is 35.4 Å². The smallest absolute Gasteiger partial charge is 0.330 e. The highest BCUT2D eigenvalue weighted by atomic mass is 35.5. The third kappa shape index (κ3) is 4.53. The van der Waals surface area contributed by atoms with Gasteiger partial charge in [-0.05, 0) is 18.2 Å². The maximum Gasteiger partial charge on any atom is 0.330 e. The van der Waals surface area contributed by atoms with Gasteiger partial charge < -0.3 is 24.1 Å². The fourth-order valence-corrected chi connectivity index (χ4v) is 2.69. The summed E-state index contributed by atoms with van der Waals surface area (Å²) in [4.78, 5) is 29.1. The van der Waals surface area contributed by atoms with E-state index in [1.54, 1.807) is 18.2 Å². The summed E-state index contributed by atoms with van der Waals surface area (Å²) in [6, 6.07) is 5.76. The Kier molecular flexibility index (Phi) is 5.75. The molecule has 1 unspecified atom stereocenters. The Labute approximate surface area is 154 Å². The minimum Gasteiger partial charge on any atom is -0.466 e. The predicted octanol–water partition coefficient (Wildman–Crippen LogP) is 1.53. The molecule has 1 fully saturated rings. The molecule has 0 radical (unpaired) electrons. The highest BCUT2D eigenvalue weighted by Gasteiger charge is 2.24. The van der Waals surface area contributed by atoms with E-state index in [9.17, 15) is 9.59 Å². The Hall–Kier alpha value is -2.58. The second-order valence-corrected chi connectivity index (χ2v) is 6.09. The normalized spacial score (nSPS) is 17.6. The van der Waals surface area contributed by atoms with Crippen LogP contribution in [-0.4, -0.2) is 56.3 Å². The molecule has 8 nitrogen and oxygen atoms in total. The van der Waals surface area contributed by atoms with E-state index in [0.29, 0.717) is 48.4 Å². The lowest BCUT2D eigenvalue weighted by Gasteiger charge is -2.31. The van der Waals surface area contributed by atoms with Crippen LogP contribution in [0.2, 0.25) is 5.02 Å². The van der Waals surface area contributed by atoms with E-state index in [-0.39, 0.29) is 6.10 Å². The van der Waals surface area contributed by atoms with Crippen LogP contribution >= 0.6 is 11.6 Å². The van der Waals surface area contributed by atoms with Gasteiger partial charge in [0.15, 0.2) is 5.58 Å². The molecular weight excluding hydrogens is 362 g/mol. The van der Waals surface area contributed by atoms with Crippen molar-refractivity contribution in [2.24, 2.45) is 0 Å². The summed E-state index contributed by atoms with van der Waals surface area (Å²) in [5, 5.41) is 3.28. The summed E-state index contributed by atoms with van der Waals surface area (Å²) in [7, 11) is 1.25. The number of methoxy groups -OCH3 is 1. The van der Waals surface area contributed by atoms with Crippen molar-refractivity contribution in [1.29, 1.82) is 0 Å². The zero-order valence-electron chi connectivity index (χ0n) is 14.1. The Bertz CT molecular complexity index is 835. The standard InChI is InChI=1S/C17H18ClN3O5/c1-24-16(23)5-4-15(22)19-9-12-10-21(6-7-25-12)17-20-13-8-11(18)2-3-14(13)26-17/h2-5,8,12H,6-7,9-10H2,1H3,(H,19,22)/b5-4+.